The summed E-state index contributed by atoms with van der Waals surface area (Å²) >= 11 is 12.1. The lowest BCUT2D eigenvalue weighted by molar-refractivity contribution is 0.239. The molecule has 0 fully saturated rings. The predicted molar refractivity (Wildman–Crippen MR) is 92.2 cm³/mol. The molecule has 0 radical (unpaired) electrons. The van der Waals surface area contributed by atoms with Crippen LogP contribution in [0.25, 0.3) is 0 Å². The maximum Gasteiger partial charge on any atom is 0.255 e. The molecule has 1 aliphatic rings. The molecule has 0 bridgehead atoms. The minimum absolute atomic E-state index is 0.294. The van der Waals surface area contributed by atoms with Gasteiger partial charge < -0.3 is 0 Å². The summed E-state index contributed by atoms with van der Waals surface area (Å²) in [6.45, 7) is 1.62. The van der Waals surface area contributed by atoms with Crippen LogP contribution < -0.4 is 5.56 Å². The summed E-state index contributed by atoms with van der Waals surface area (Å²) < 4.78 is 23.3. The number of hydrogen-bond acceptors (Lipinski definition) is 5. The molecule has 3 rings (SSSR count). The molecule has 0 saturated heterocycles. The molecule has 0 saturated carbocycles. The number of sulfone groups is 1. The van der Waals surface area contributed by atoms with E-state index in [2.05, 4.69) is 14.9 Å². The Balaban J connectivity index is 1.88. The third kappa shape index (κ3) is 3.64. The fraction of sp³-hybridized carbons (Fsp3) is 0.333. The first-order chi connectivity index (χ1) is 11.2. The van der Waals surface area contributed by atoms with Gasteiger partial charge in [0.25, 0.3) is 5.56 Å². The Bertz CT molecular complexity index is 957. The maximum absolute atomic E-state index is 12.1. The number of rotatable bonds is 3. The van der Waals surface area contributed by atoms with Crippen molar-refractivity contribution in [3.05, 3.63) is 55.4 Å². The summed E-state index contributed by atoms with van der Waals surface area (Å²) in [4.78, 5) is 20.6. The van der Waals surface area contributed by atoms with Crippen molar-refractivity contribution < 1.29 is 8.42 Å². The monoisotopic (exact) mass is 387 g/mol. The zero-order chi connectivity index (χ0) is 17.5. The second-order valence-corrected chi connectivity index (χ2v) is 8.54. The van der Waals surface area contributed by atoms with Gasteiger partial charge in [-0.2, -0.15) is 0 Å². The fourth-order valence-electron chi connectivity index (χ4n) is 2.67. The molecule has 128 valence electrons. The molecule has 1 aromatic carbocycles. The third-order valence-electron chi connectivity index (χ3n) is 3.89. The van der Waals surface area contributed by atoms with Crippen LogP contribution in [0.5, 0.6) is 0 Å². The molecule has 0 unspecified atom stereocenters. The Morgan fingerprint density at radius 1 is 1.33 bits per heavy atom. The van der Waals surface area contributed by atoms with Gasteiger partial charge in [-0.1, -0.05) is 29.3 Å². The molecule has 2 heterocycles. The van der Waals surface area contributed by atoms with E-state index >= 15 is 0 Å². The number of H-pyrrole nitrogens is 1. The Kier molecular flexibility index (Phi) is 4.70. The highest BCUT2D eigenvalue weighted by Crippen LogP contribution is 2.24. The van der Waals surface area contributed by atoms with Crippen LogP contribution >= 0.6 is 23.2 Å². The van der Waals surface area contributed by atoms with E-state index in [1.54, 1.807) is 12.1 Å². The quantitative estimate of drug-likeness (QED) is 0.814. The van der Waals surface area contributed by atoms with Crippen molar-refractivity contribution in [3.8, 4) is 0 Å². The second-order valence-electron chi connectivity index (χ2n) is 5.76. The van der Waals surface area contributed by atoms with Gasteiger partial charge in [0.05, 0.1) is 5.69 Å². The van der Waals surface area contributed by atoms with Gasteiger partial charge in [-0.3, -0.25) is 14.7 Å². The van der Waals surface area contributed by atoms with E-state index in [0.717, 1.165) is 11.8 Å². The minimum atomic E-state index is -3.57. The van der Waals surface area contributed by atoms with E-state index in [9.17, 15) is 13.2 Å². The molecule has 2 aromatic rings. The predicted octanol–water partition coefficient (Wildman–Crippen LogP) is 2.04. The first-order valence-electron chi connectivity index (χ1n) is 7.22. The third-order valence-corrected chi connectivity index (χ3v) is 5.37. The van der Waals surface area contributed by atoms with E-state index in [4.69, 9.17) is 23.2 Å². The molecule has 9 heteroatoms. The first-order valence-corrected chi connectivity index (χ1v) is 9.87. The van der Waals surface area contributed by atoms with Gasteiger partial charge in [0, 0.05) is 41.5 Å². The van der Waals surface area contributed by atoms with E-state index < -0.39 is 9.84 Å². The van der Waals surface area contributed by atoms with Gasteiger partial charge in [0.15, 0.2) is 0 Å². The Hall–Kier alpha value is -1.41. The summed E-state index contributed by atoms with van der Waals surface area (Å²) in [5.41, 5.74) is 1.57. The summed E-state index contributed by atoms with van der Waals surface area (Å²) in [6.07, 6.45) is 1.53. The molecule has 0 amide bonds. The van der Waals surface area contributed by atoms with Gasteiger partial charge in [-0.15, -0.1) is 0 Å². The maximum atomic E-state index is 12.1. The highest BCUT2D eigenvalue weighted by atomic mass is 35.5. The summed E-state index contributed by atoms with van der Waals surface area (Å²) in [7, 11) is -3.57. The van der Waals surface area contributed by atoms with Crippen LogP contribution in [0.4, 0.5) is 0 Å². The van der Waals surface area contributed by atoms with Crippen LogP contribution in [0, 0.1) is 0 Å². The van der Waals surface area contributed by atoms with E-state index in [1.807, 2.05) is 6.07 Å². The second kappa shape index (κ2) is 6.48. The number of benzene rings is 1. The van der Waals surface area contributed by atoms with Crippen molar-refractivity contribution in [2.75, 3.05) is 12.8 Å². The normalized spacial score (nSPS) is 15.3. The van der Waals surface area contributed by atoms with Crippen molar-refractivity contribution in [3.63, 3.8) is 0 Å². The van der Waals surface area contributed by atoms with Crippen molar-refractivity contribution in [1.82, 2.24) is 14.9 Å². The van der Waals surface area contributed by atoms with E-state index in [-0.39, 0.29) is 10.7 Å². The molecule has 0 aliphatic carbocycles. The molecule has 1 N–H and O–H groups in total. The lowest BCUT2D eigenvalue weighted by Crippen LogP contribution is -2.35. The van der Waals surface area contributed by atoms with Gasteiger partial charge in [-0.05, 0) is 24.1 Å². The lowest BCUT2D eigenvalue weighted by Gasteiger charge is -2.27. The minimum Gasteiger partial charge on any atom is -0.297 e. The highest BCUT2D eigenvalue weighted by Gasteiger charge is 2.23. The Morgan fingerprint density at radius 3 is 2.75 bits per heavy atom. The Morgan fingerprint density at radius 2 is 2.08 bits per heavy atom. The number of fused-ring (bicyclic) bond motifs is 1. The number of aromatic amines is 1. The average Bonchev–Trinajstić information content (AvgIpc) is 2.49. The number of nitrogens with zero attached hydrogens (tertiary/aromatic N) is 2. The van der Waals surface area contributed by atoms with Gasteiger partial charge in [0.2, 0.25) is 15.0 Å². The van der Waals surface area contributed by atoms with Crippen LogP contribution in [0.15, 0.2) is 28.2 Å². The van der Waals surface area contributed by atoms with Crippen LogP contribution in [0.2, 0.25) is 10.0 Å². The molecule has 0 atom stereocenters. The Labute approximate surface area is 149 Å². The number of nitrogens with one attached hydrogen (secondary N) is 1. The smallest absolute Gasteiger partial charge is 0.255 e. The van der Waals surface area contributed by atoms with Crippen molar-refractivity contribution in [2.45, 2.75) is 24.7 Å². The number of halogens is 2. The topological polar surface area (TPSA) is 83.1 Å². The molecular formula is C15H15Cl2N3O3S. The van der Waals surface area contributed by atoms with Crippen LogP contribution in [-0.4, -0.2) is 36.1 Å². The molecule has 1 aromatic heterocycles. The lowest BCUT2D eigenvalue weighted by atomic mass is 10.1. The summed E-state index contributed by atoms with van der Waals surface area (Å²) in [6, 6.07) is 5.31. The molecule has 24 heavy (non-hydrogen) atoms. The van der Waals surface area contributed by atoms with E-state index in [1.165, 1.54) is 0 Å². The molecule has 0 spiro atoms. The fourth-order valence-corrected chi connectivity index (χ4v) is 3.69. The van der Waals surface area contributed by atoms with E-state index in [0.29, 0.717) is 47.4 Å². The summed E-state index contributed by atoms with van der Waals surface area (Å²) in [5.74, 6) is 0. The number of aromatic nitrogens is 2. The molecular weight excluding hydrogens is 373 g/mol. The van der Waals surface area contributed by atoms with Gasteiger partial charge in [0.1, 0.15) is 0 Å². The largest absolute Gasteiger partial charge is 0.297 e. The molecule has 6 nitrogen and oxygen atoms in total. The molecule has 1 aliphatic heterocycles. The first kappa shape index (κ1) is 17.4. The SMILES string of the molecule is CS(=O)(=O)c1nc2c(c(=O)[nH]1)CCN(Cc1ccc(Cl)cc1Cl)C2. The zero-order valence-corrected chi connectivity index (χ0v) is 15.2. The van der Waals surface area contributed by atoms with Crippen LogP contribution in [-0.2, 0) is 29.3 Å². The summed E-state index contributed by atoms with van der Waals surface area (Å²) in [5, 5.41) is 0.848. The van der Waals surface area contributed by atoms with Gasteiger partial charge in [-0.25, -0.2) is 13.4 Å². The van der Waals surface area contributed by atoms with Crippen molar-refractivity contribution in [1.29, 1.82) is 0 Å². The van der Waals surface area contributed by atoms with Gasteiger partial charge >= 0.3 is 0 Å². The standard InChI is InChI=1S/C15H15Cl2N3O3S/c1-24(22,23)15-18-13-8-20(5-4-11(13)14(21)19-15)7-9-2-3-10(16)6-12(9)17/h2-3,6H,4-5,7-8H2,1H3,(H,18,19,21). The number of hydrogen-bond donors (Lipinski definition) is 1. The highest BCUT2D eigenvalue weighted by molar-refractivity contribution is 7.90. The average molecular weight is 388 g/mol. The van der Waals surface area contributed by atoms with Crippen LogP contribution in [0.1, 0.15) is 16.8 Å². The van der Waals surface area contributed by atoms with Crippen molar-refractivity contribution >= 4 is 33.0 Å². The zero-order valence-electron chi connectivity index (χ0n) is 12.8. The van der Waals surface area contributed by atoms with Crippen molar-refractivity contribution in [2.24, 2.45) is 0 Å². The van der Waals surface area contributed by atoms with Crippen LogP contribution in [0.3, 0.4) is 0 Å².